The number of amidine groups is 1. The van der Waals surface area contributed by atoms with Crippen molar-refractivity contribution < 1.29 is 0 Å². The smallest absolute Gasteiger partial charge is 0.156 e. The summed E-state index contributed by atoms with van der Waals surface area (Å²) in [7, 11) is 0. The maximum absolute atomic E-state index is 4.67. The number of nitrogens with one attached hydrogen (secondary N) is 1. The number of thioether (sulfide) groups is 2. The van der Waals surface area contributed by atoms with Gasteiger partial charge in [0.15, 0.2) is 5.17 Å². The average Bonchev–Trinajstić information content (AvgIpc) is 2.76. The molecule has 0 radical (unpaired) electrons. The fourth-order valence-corrected chi connectivity index (χ4v) is 4.12. The van der Waals surface area contributed by atoms with Crippen molar-refractivity contribution in [1.82, 2.24) is 5.32 Å². The Morgan fingerprint density at radius 3 is 3.25 bits per heavy atom. The first kappa shape index (κ1) is 12.6. The van der Waals surface area contributed by atoms with E-state index < -0.39 is 0 Å². The van der Waals surface area contributed by atoms with E-state index >= 15 is 0 Å². The molecule has 1 aliphatic heterocycles. The third kappa shape index (κ3) is 3.59. The Labute approximate surface area is 107 Å². The first-order chi connectivity index (χ1) is 7.90. The molecule has 0 aromatic rings. The minimum absolute atomic E-state index is 0.742. The summed E-state index contributed by atoms with van der Waals surface area (Å²) in [4.78, 5) is 4.67. The van der Waals surface area contributed by atoms with Gasteiger partial charge in [-0.15, -0.1) is 0 Å². The van der Waals surface area contributed by atoms with Crippen molar-refractivity contribution in [3.05, 3.63) is 0 Å². The van der Waals surface area contributed by atoms with Gasteiger partial charge in [0, 0.05) is 18.3 Å². The summed E-state index contributed by atoms with van der Waals surface area (Å²) in [6.07, 6.45) is 8.90. The highest BCUT2D eigenvalue weighted by atomic mass is 32.2. The van der Waals surface area contributed by atoms with Gasteiger partial charge in [-0.3, -0.25) is 4.99 Å². The van der Waals surface area contributed by atoms with Gasteiger partial charge in [-0.05, 0) is 43.6 Å². The molecule has 0 aromatic carbocycles. The quantitative estimate of drug-likeness (QED) is 0.767. The molecule has 2 rings (SSSR count). The molecule has 0 bridgehead atoms. The van der Waals surface area contributed by atoms with Crippen LogP contribution >= 0.6 is 23.5 Å². The van der Waals surface area contributed by atoms with Crippen molar-refractivity contribution >= 4 is 28.7 Å². The summed E-state index contributed by atoms with van der Waals surface area (Å²) in [6.45, 7) is 1.01. The van der Waals surface area contributed by atoms with Crippen LogP contribution in [-0.2, 0) is 0 Å². The van der Waals surface area contributed by atoms with Gasteiger partial charge in [0.1, 0.15) is 0 Å². The van der Waals surface area contributed by atoms with Crippen LogP contribution in [0.15, 0.2) is 4.99 Å². The second-order valence-electron chi connectivity index (χ2n) is 4.64. The van der Waals surface area contributed by atoms with Crippen LogP contribution in [-0.4, -0.2) is 35.5 Å². The maximum Gasteiger partial charge on any atom is 0.156 e. The van der Waals surface area contributed by atoms with Gasteiger partial charge in [0.2, 0.25) is 0 Å². The Bertz CT molecular complexity index is 243. The first-order valence-electron chi connectivity index (χ1n) is 6.33. The maximum atomic E-state index is 4.67. The highest BCUT2D eigenvalue weighted by molar-refractivity contribution is 8.13. The van der Waals surface area contributed by atoms with E-state index in [9.17, 15) is 0 Å². The van der Waals surface area contributed by atoms with Gasteiger partial charge in [0.05, 0.1) is 0 Å². The van der Waals surface area contributed by atoms with Crippen LogP contribution in [0.3, 0.4) is 0 Å². The predicted molar refractivity (Wildman–Crippen MR) is 76.6 cm³/mol. The van der Waals surface area contributed by atoms with Gasteiger partial charge in [-0.1, -0.05) is 18.2 Å². The first-order valence-corrected chi connectivity index (χ1v) is 8.71. The Balaban J connectivity index is 1.67. The van der Waals surface area contributed by atoms with Crippen LogP contribution in [0.5, 0.6) is 0 Å². The Hall–Kier alpha value is 0.170. The van der Waals surface area contributed by atoms with Crippen molar-refractivity contribution in [1.29, 1.82) is 0 Å². The number of hydrogen-bond donors (Lipinski definition) is 1. The van der Waals surface area contributed by atoms with E-state index in [1.165, 1.54) is 48.8 Å². The van der Waals surface area contributed by atoms with Crippen molar-refractivity contribution in [2.45, 2.75) is 38.1 Å². The number of unbranched alkanes of at least 4 members (excludes halogenated alkanes) is 1. The van der Waals surface area contributed by atoms with Crippen LogP contribution < -0.4 is 5.32 Å². The van der Waals surface area contributed by atoms with Crippen molar-refractivity contribution in [3.63, 3.8) is 0 Å². The third-order valence-electron chi connectivity index (χ3n) is 3.41. The summed E-state index contributed by atoms with van der Waals surface area (Å²) in [5.41, 5.74) is 0. The molecule has 0 amide bonds. The number of nitrogens with zero attached hydrogens (tertiary/aromatic N) is 1. The molecule has 2 fully saturated rings. The topological polar surface area (TPSA) is 24.4 Å². The molecule has 0 spiro atoms. The molecule has 1 N–H and O–H groups in total. The molecular formula is C12H22N2S2. The molecule has 92 valence electrons. The molecule has 1 heterocycles. The number of fused-ring (bicyclic) bond motifs is 1. The Morgan fingerprint density at radius 1 is 1.44 bits per heavy atom. The minimum atomic E-state index is 0.742. The molecule has 0 aromatic heterocycles. The van der Waals surface area contributed by atoms with Gasteiger partial charge >= 0.3 is 0 Å². The van der Waals surface area contributed by atoms with E-state index in [0.717, 1.165) is 18.5 Å². The van der Waals surface area contributed by atoms with E-state index in [-0.39, 0.29) is 0 Å². The summed E-state index contributed by atoms with van der Waals surface area (Å²) in [6, 6.07) is 0.742. The average molecular weight is 258 g/mol. The lowest BCUT2D eigenvalue weighted by atomic mass is 10.1. The molecular weight excluding hydrogens is 236 g/mol. The zero-order chi connectivity index (χ0) is 11.2. The highest BCUT2D eigenvalue weighted by Crippen LogP contribution is 2.32. The monoisotopic (exact) mass is 258 g/mol. The summed E-state index contributed by atoms with van der Waals surface area (Å²) in [5, 5.41) is 4.83. The largest absolute Gasteiger partial charge is 0.362 e. The van der Waals surface area contributed by atoms with Crippen LogP contribution in [0, 0.1) is 5.92 Å². The van der Waals surface area contributed by atoms with E-state index in [4.69, 9.17) is 0 Å². The normalized spacial score (nSPS) is 31.4. The molecule has 16 heavy (non-hydrogen) atoms. The molecule has 2 atom stereocenters. The molecule has 2 nitrogen and oxygen atoms in total. The van der Waals surface area contributed by atoms with Crippen LogP contribution in [0.1, 0.15) is 32.1 Å². The minimum Gasteiger partial charge on any atom is -0.362 e. The van der Waals surface area contributed by atoms with Gasteiger partial charge in [-0.25, -0.2) is 0 Å². The number of aliphatic imine (C=N–C) groups is 1. The second-order valence-corrected chi connectivity index (χ2v) is 6.63. The molecule has 1 aliphatic carbocycles. The van der Waals surface area contributed by atoms with E-state index in [2.05, 4.69) is 16.6 Å². The van der Waals surface area contributed by atoms with E-state index in [1.807, 2.05) is 23.5 Å². The zero-order valence-corrected chi connectivity index (χ0v) is 11.7. The highest BCUT2D eigenvalue weighted by Gasteiger charge is 2.31. The van der Waals surface area contributed by atoms with Crippen molar-refractivity contribution in [2.75, 3.05) is 24.3 Å². The van der Waals surface area contributed by atoms with Crippen LogP contribution in [0.2, 0.25) is 0 Å². The lowest BCUT2D eigenvalue weighted by Crippen LogP contribution is -2.41. The van der Waals surface area contributed by atoms with Gasteiger partial charge in [0.25, 0.3) is 0 Å². The summed E-state index contributed by atoms with van der Waals surface area (Å²) < 4.78 is 0. The van der Waals surface area contributed by atoms with Gasteiger partial charge in [-0.2, -0.15) is 11.8 Å². The van der Waals surface area contributed by atoms with E-state index in [1.54, 1.807) is 0 Å². The van der Waals surface area contributed by atoms with Crippen LogP contribution in [0.25, 0.3) is 0 Å². The van der Waals surface area contributed by atoms with E-state index in [0.29, 0.717) is 0 Å². The zero-order valence-electron chi connectivity index (χ0n) is 10.1. The Kier molecular flexibility index (Phi) is 5.36. The summed E-state index contributed by atoms with van der Waals surface area (Å²) in [5.74, 6) is 3.48. The van der Waals surface area contributed by atoms with Crippen LogP contribution in [0.4, 0.5) is 0 Å². The molecule has 4 heteroatoms. The fraction of sp³-hybridized carbons (Fsp3) is 0.917. The number of rotatable bonds is 5. The lowest BCUT2D eigenvalue weighted by molar-refractivity contribution is 0.489. The standard InChI is InChI=1S/C12H22N2S2/c1-15-8-3-2-7-13-12-14-11-6-4-5-10(11)9-16-12/h10-11H,2-9H2,1H3,(H,13,14). The molecule has 2 aliphatic rings. The number of hydrogen-bond acceptors (Lipinski definition) is 3. The van der Waals surface area contributed by atoms with Crippen molar-refractivity contribution in [2.24, 2.45) is 10.9 Å². The lowest BCUT2D eigenvalue weighted by Gasteiger charge is -2.28. The molecule has 1 saturated heterocycles. The summed E-state index contributed by atoms with van der Waals surface area (Å²) >= 11 is 3.87. The second kappa shape index (κ2) is 6.80. The van der Waals surface area contributed by atoms with Gasteiger partial charge < -0.3 is 5.32 Å². The predicted octanol–water partition coefficient (Wildman–Crippen LogP) is 2.99. The fourth-order valence-electron chi connectivity index (χ4n) is 2.44. The molecule has 1 saturated carbocycles. The van der Waals surface area contributed by atoms with Crippen molar-refractivity contribution in [3.8, 4) is 0 Å². The Morgan fingerprint density at radius 2 is 2.38 bits per heavy atom. The molecule has 2 unspecified atom stereocenters. The third-order valence-corrected chi connectivity index (χ3v) is 5.23. The SMILES string of the molecule is CSCCCCN=C1NC2CCCC2CS1.